The summed E-state index contributed by atoms with van der Waals surface area (Å²) < 4.78 is 14.1. The van der Waals surface area contributed by atoms with Gasteiger partial charge < -0.3 is 9.80 Å². The fourth-order valence-corrected chi connectivity index (χ4v) is 3.09. The van der Waals surface area contributed by atoms with Crippen molar-refractivity contribution in [3.8, 4) is 0 Å². The molecular formula is C17H23FN6. The van der Waals surface area contributed by atoms with E-state index in [1.54, 1.807) is 13.1 Å². The second kappa shape index (κ2) is 7.07. The average molecular weight is 330 g/mol. The molecule has 0 radical (unpaired) electrons. The number of piperidine rings is 1. The van der Waals surface area contributed by atoms with Gasteiger partial charge in [-0.15, -0.1) is 0 Å². The van der Waals surface area contributed by atoms with E-state index in [0.717, 1.165) is 44.1 Å². The quantitative estimate of drug-likeness (QED) is 0.858. The van der Waals surface area contributed by atoms with Gasteiger partial charge in [0.05, 0.1) is 5.69 Å². The van der Waals surface area contributed by atoms with Gasteiger partial charge >= 0.3 is 0 Å². The van der Waals surface area contributed by atoms with Crippen LogP contribution in [0.4, 0.5) is 16.2 Å². The van der Waals surface area contributed by atoms with Gasteiger partial charge in [-0.3, -0.25) is 0 Å². The average Bonchev–Trinajstić information content (AvgIpc) is 2.58. The lowest BCUT2D eigenvalue weighted by molar-refractivity contribution is 0.403. The topological polar surface area (TPSA) is 58.0 Å². The van der Waals surface area contributed by atoms with Crippen LogP contribution in [0.15, 0.2) is 18.6 Å². The Balaban J connectivity index is 1.58. The Bertz CT molecular complexity index is 699. The van der Waals surface area contributed by atoms with Crippen molar-refractivity contribution < 1.29 is 4.39 Å². The molecule has 24 heavy (non-hydrogen) atoms. The number of rotatable bonds is 4. The zero-order valence-electron chi connectivity index (χ0n) is 14.4. The molecule has 1 saturated heterocycles. The molecule has 0 spiro atoms. The molecule has 0 aliphatic carbocycles. The number of anilines is 2. The van der Waals surface area contributed by atoms with Crippen LogP contribution < -0.4 is 9.80 Å². The molecule has 1 fully saturated rings. The van der Waals surface area contributed by atoms with Crippen LogP contribution >= 0.6 is 0 Å². The van der Waals surface area contributed by atoms with E-state index in [9.17, 15) is 4.39 Å². The highest BCUT2D eigenvalue weighted by molar-refractivity contribution is 5.40. The van der Waals surface area contributed by atoms with Crippen molar-refractivity contribution in [2.45, 2.75) is 26.7 Å². The van der Waals surface area contributed by atoms with Crippen LogP contribution in [-0.2, 0) is 0 Å². The molecule has 7 heteroatoms. The number of hydrogen-bond donors (Lipinski definition) is 0. The maximum Gasteiger partial charge on any atom is 0.225 e. The van der Waals surface area contributed by atoms with E-state index in [0.29, 0.717) is 17.4 Å². The van der Waals surface area contributed by atoms with E-state index in [-0.39, 0.29) is 5.82 Å². The Labute approximate surface area is 141 Å². The van der Waals surface area contributed by atoms with Gasteiger partial charge in [0.2, 0.25) is 5.95 Å². The maximum absolute atomic E-state index is 14.1. The molecule has 2 aromatic heterocycles. The number of hydrogen-bond acceptors (Lipinski definition) is 6. The third kappa shape index (κ3) is 3.60. The van der Waals surface area contributed by atoms with Crippen LogP contribution in [0.1, 0.15) is 24.2 Å². The molecule has 128 valence electrons. The van der Waals surface area contributed by atoms with Crippen LogP contribution in [0, 0.1) is 25.6 Å². The second-order valence-electron chi connectivity index (χ2n) is 6.41. The molecule has 1 aliphatic heterocycles. The predicted octanol–water partition coefficient (Wildman–Crippen LogP) is 2.38. The third-order valence-corrected chi connectivity index (χ3v) is 4.52. The van der Waals surface area contributed by atoms with E-state index in [1.807, 2.05) is 24.9 Å². The van der Waals surface area contributed by atoms with Crippen LogP contribution in [0.5, 0.6) is 0 Å². The van der Waals surface area contributed by atoms with Crippen molar-refractivity contribution in [1.82, 2.24) is 19.9 Å². The van der Waals surface area contributed by atoms with E-state index in [4.69, 9.17) is 0 Å². The predicted molar refractivity (Wildman–Crippen MR) is 91.7 cm³/mol. The van der Waals surface area contributed by atoms with Gasteiger partial charge in [-0.1, -0.05) is 0 Å². The molecule has 0 N–H and O–H groups in total. The zero-order valence-corrected chi connectivity index (χ0v) is 14.4. The first-order valence-electron chi connectivity index (χ1n) is 8.27. The minimum Gasteiger partial charge on any atom is -0.357 e. The summed E-state index contributed by atoms with van der Waals surface area (Å²) in [5.41, 5.74) is 1.37. The largest absolute Gasteiger partial charge is 0.357 e. The molecule has 0 bridgehead atoms. The molecule has 0 unspecified atom stereocenters. The Morgan fingerprint density at radius 2 is 1.96 bits per heavy atom. The van der Waals surface area contributed by atoms with Gasteiger partial charge in [0.1, 0.15) is 6.33 Å². The molecule has 6 nitrogen and oxygen atoms in total. The van der Waals surface area contributed by atoms with Crippen LogP contribution in [0.25, 0.3) is 0 Å². The second-order valence-corrected chi connectivity index (χ2v) is 6.41. The molecule has 0 saturated carbocycles. The number of aryl methyl sites for hydroxylation is 2. The SMILES string of the molecule is Cc1ccnc(N2CCC(CN(C)c3ncnc(C)c3F)CC2)n1. The normalized spacial score (nSPS) is 15.6. The van der Waals surface area contributed by atoms with Crippen molar-refractivity contribution in [3.63, 3.8) is 0 Å². The summed E-state index contributed by atoms with van der Waals surface area (Å²) in [5, 5.41) is 0. The van der Waals surface area contributed by atoms with Crippen molar-refractivity contribution in [1.29, 1.82) is 0 Å². The molecule has 0 aromatic carbocycles. The highest BCUT2D eigenvalue weighted by Crippen LogP contribution is 2.24. The first kappa shape index (κ1) is 16.5. The van der Waals surface area contributed by atoms with Crippen molar-refractivity contribution in [2.75, 3.05) is 36.5 Å². The number of aromatic nitrogens is 4. The summed E-state index contributed by atoms with van der Waals surface area (Å²) in [7, 11) is 1.89. The van der Waals surface area contributed by atoms with Crippen LogP contribution in [0.3, 0.4) is 0 Å². The van der Waals surface area contributed by atoms with Gasteiger partial charge in [0.25, 0.3) is 0 Å². The van der Waals surface area contributed by atoms with Gasteiger partial charge in [-0.2, -0.15) is 0 Å². The third-order valence-electron chi connectivity index (χ3n) is 4.52. The number of nitrogens with zero attached hydrogens (tertiary/aromatic N) is 6. The standard InChI is InChI=1S/C17H23FN6/c1-12-4-7-19-17(22-12)24-8-5-14(6-9-24)10-23(3)16-15(18)13(2)20-11-21-16/h4,7,11,14H,5-6,8-10H2,1-3H3. The first-order chi connectivity index (χ1) is 11.5. The highest BCUT2D eigenvalue weighted by Gasteiger charge is 2.23. The smallest absolute Gasteiger partial charge is 0.225 e. The van der Waals surface area contributed by atoms with E-state index >= 15 is 0 Å². The number of halogens is 1. The van der Waals surface area contributed by atoms with Crippen LogP contribution in [-0.4, -0.2) is 46.6 Å². The highest BCUT2D eigenvalue weighted by atomic mass is 19.1. The zero-order chi connectivity index (χ0) is 17.1. The lowest BCUT2D eigenvalue weighted by atomic mass is 9.96. The van der Waals surface area contributed by atoms with Crippen molar-refractivity contribution in [3.05, 3.63) is 35.8 Å². The van der Waals surface area contributed by atoms with E-state index in [2.05, 4.69) is 24.8 Å². The van der Waals surface area contributed by atoms with E-state index in [1.165, 1.54) is 6.33 Å². The summed E-state index contributed by atoms with van der Waals surface area (Å²) in [6.45, 7) is 6.27. The molecule has 1 aliphatic rings. The fraction of sp³-hybridized carbons (Fsp3) is 0.529. The lowest BCUT2D eigenvalue weighted by Gasteiger charge is -2.34. The summed E-state index contributed by atoms with van der Waals surface area (Å²) in [6.07, 6.45) is 5.29. The van der Waals surface area contributed by atoms with Gasteiger partial charge in [-0.25, -0.2) is 24.3 Å². The molecule has 0 atom stereocenters. The first-order valence-corrected chi connectivity index (χ1v) is 8.27. The summed E-state index contributed by atoms with van der Waals surface area (Å²) in [4.78, 5) is 20.9. The van der Waals surface area contributed by atoms with Gasteiger partial charge in [-0.05, 0) is 38.7 Å². The Morgan fingerprint density at radius 3 is 2.67 bits per heavy atom. The van der Waals surface area contributed by atoms with Crippen molar-refractivity contribution >= 4 is 11.8 Å². The fourth-order valence-electron chi connectivity index (χ4n) is 3.09. The van der Waals surface area contributed by atoms with Crippen LogP contribution in [0.2, 0.25) is 0 Å². The minimum absolute atomic E-state index is 0.328. The summed E-state index contributed by atoms with van der Waals surface area (Å²) in [6, 6.07) is 1.91. The van der Waals surface area contributed by atoms with Crippen molar-refractivity contribution in [2.24, 2.45) is 5.92 Å². The summed E-state index contributed by atoms with van der Waals surface area (Å²) >= 11 is 0. The Kier molecular flexibility index (Phi) is 4.87. The molecule has 3 rings (SSSR count). The molecule has 3 heterocycles. The molecule has 0 amide bonds. The minimum atomic E-state index is -0.328. The van der Waals surface area contributed by atoms with E-state index < -0.39 is 0 Å². The molecule has 2 aromatic rings. The van der Waals surface area contributed by atoms with Gasteiger partial charge in [0.15, 0.2) is 11.6 Å². The molecular weight excluding hydrogens is 307 g/mol. The Morgan fingerprint density at radius 1 is 1.21 bits per heavy atom. The van der Waals surface area contributed by atoms with Gasteiger partial charge in [0, 0.05) is 38.6 Å². The lowest BCUT2D eigenvalue weighted by Crippen LogP contribution is -2.39. The monoisotopic (exact) mass is 330 g/mol. The maximum atomic E-state index is 14.1. The summed E-state index contributed by atoms with van der Waals surface area (Å²) in [5.74, 6) is 1.36. The Hall–Kier alpha value is -2.31.